The van der Waals surface area contributed by atoms with Crippen LogP contribution in [-0.4, -0.2) is 55.5 Å². The van der Waals surface area contributed by atoms with Gasteiger partial charge >= 0.3 is 35.3 Å². The predicted octanol–water partition coefficient (Wildman–Crippen LogP) is 3.35. The molecular weight excluding hydrogens is 513 g/mol. The molecule has 6 nitrogen and oxygen atoms in total. The fourth-order valence-electron chi connectivity index (χ4n) is 2.69. The molecule has 0 radical (unpaired) electrons. The van der Waals surface area contributed by atoms with Crippen LogP contribution < -0.4 is 10.0 Å². The third-order valence-corrected chi connectivity index (χ3v) is 5.91. The number of rotatable bonds is 4. The first kappa shape index (κ1) is 26.6. The van der Waals surface area contributed by atoms with Crippen molar-refractivity contribution in [3.05, 3.63) is 24.3 Å². The van der Waals surface area contributed by atoms with E-state index in [9.17, 15) is 66.3 Å². The molecule has 0 spiro atoms. The lowest BCUT2D eigenvalue weighted by atomic mass is 9.71. The topological polar surface area (TPSA) is 92.3 Å². The largest absolute Gasteiger partial charge is 0.384 e. The summed E-state index contributed by atoms with van der Waals surface area (Å²) in [5.41, 5.74) is -7.97. The number of benzene rings is 1. The molecule has 0 heterocycles. The van der Waals surface area contributed by atoms with Crippen molar-refractivity contribution in [2.24, 2.45) is 0 Å². The maximum Gasteiger partial charge on any atom is 0.384 e. The predicted molar refractivity (Wildman–Crippen MR) is 84.6 cm³/mol. The standard InChI is InChI=1S/C15H9F11N2O4S/c1-6(29)28-33(31,32)8-4-2-7(3-5-8)27-9(30)10(16)11(17,18)13(21,22)15(25,26)14(23,24)12(10,19)20/h2-5H,1H3,(H,27,30)(H,28,29). The van der Waals surface area contributed by atoms with E-state index in [2.05, 4.69) is 0 Å². The molecule has 1 aliphatic carbocycles. The third-order valence-electron chi connectivity index (χ3n) is 4.46. The zero-order chi connectivity index (χ0) is 26.1. The van der Waals surface area contributed by atoms with Gasteiger partial charge in [0.15, 0.2) is 0 Å². The summed E-state index contributed by atoms with van der Waals surface area (Å²) in [4.78, 5) is 21.9. The van der Waals surface area contributed by atoms with Crippen LogP contribution in [0.25, 0.3) is 0 Å². The van der Waals surface area contributed by atoms with E-state index in [4.69, 9.17) is 0 Å². The zero-order valence-corrected chi connectivity index (χ0v) is 16.3. The van der Waals surface area contributed by atoms with Crippen molar-refractivity contribution in [3.63, 3.8) is 0 Å². The van der Waals surface area contributed by atoms with Crippen LogP contribution in [0, 0.1) is 0 Å². The molecule has 33 heavy (non-hydrogen) atoms. The minimum absolute atomic E-state index is 0.375. The Hall–Kier alpha value is -2.66. The van der Waals surface area contributed by atoms with Gasteiger partial charge < -0.3 is 5.32 Å². The van der Waals surface area contributed by atoms with Crippen LogP contribution in [0.3, 0.4) is 0 Å². The van der Waals surface area contributed by atoms with E-state index in [1.807, 2.05) is 0 Å². The first-order valence-corrected chi connectivity index (χ1v) is 9.53. The first-order chi connectivity index (χ1) is 14.5. The summed E-state index contributed by atoms with van der Waals surface area (Å²) in [6.07, 6.45) is 0. The number of anilines is 1. The quantitative estimate of drug-likeness (QED) is 0.594. The second-order valence-electron chi connectivity index (χ2n) is 6.67. The molecule has 1 aromatic rings. The van der Waals surface area contributed by atoms with Gasteiger partial charge in [-0.2, -0.15) is 43.9 Å². The Morgan fingerprint density at radius 2 is 1.06 bits per heavy atom. The SMILES string of the molecule is CC(=O)NS(=O)(=O)c1ccc(NC(=O)C2(F)C(F)(F)C(F)(F)C(F)(F)C(F)(F)C2(F)F)cc1. The van der Waals surface area contributed by atoms with E-state index < -0.39 is 67.7 Å². The molecule has 0 saturated heterocycles. The van der Waals surface area contributed by atoms with Crippen molar-refractivity contribution in [1.82, 2.24) is 4.72 Å². The van der Waals surface area contributed by atoms with Crippen molar-refractivity contribution in [3.8, 4) is 0 Å². The van der Waals surface area contributed by atoms with Crippen molar-refractivity contribution < 1.29 is 66.3 Å². The molecule has 0 unspecified atom stereocenters. The molecule has 1 aromatic carbocycles. The van der Waals surface area contributed by atoms with Crippen molar-refractivity contribution >= 4 is 27.5 Å². The van der Waals surface area contributed by atoms with Gasteiger partial charge in [-0.3, -0.25) is 9.59 Å². The molecule has 1 saturated carbocycles. The van der Waals surface area contributed by atoms with Crippen LogP contribution in [-0.2, 0) is 19.6 Å². The number of sulfonamides is 1. The summed E-state index contributed by atoms with van der Waals surface area (Å²) in [7, 11) is -4.53. The minimum atomic E-state index is -7.47. The van der Waals surface area contributed by atoms with Gasteiger partial charge in [-0.25, -0.2) is 17.5 Å². The summed E-state index contributed by atoms with van der Waals surface area (Å²) >= 11 is 0. The Balaban J connectivity index is 2.53. The zero-order valence-electron chi connectivity index (χ0n) is 15.5. The van der Waals surface area contributed by atoms with E-state index in [0.29, 0.717) is 24.3 Å². The van der Waals surface area contributed by atoms with Gasteiger partial charge in [0.1, 0.15) is 0 Å². The van der Waals surface area contributed by atoms with Gasteiger partial charge in [0.25, 0.3) is 15.9 Å². The van der Waals surface area contributed by atoms with Crippen LogP contribution in [0.15, 0.2) is 29.2 Å². The maximum atomic E-state index is 14.6. The molecule has 0 bridgehead atoms. The van der Waals surface area contributed by atoms with Crippen LogP contribution in [0.2, 0.25) is 0 Å². The number of alkyl halides is 11. The molecule has 1 fully saturated rings. The van der Waals surface area contributed by atoms with Crippen LogP contribution >= 0.6 is 0 Å². The van der Waals surface area contributed by atoms with Gasteiger partial charge in [-0.15, -0.1) is 0 Å². The van der Waals surface area contributed by atoms with Gasteiger partial charge in [-0.05, 0) is 24.3 Å². The van der Waals surface area contributed by atoms with Crippen molar-refractivity contribution in [2.75, 3.05) is 5.32 Å². The van der Waals surface area contributed by atoms with Gasteiger partial charge in [0, 0.05) is 12.6 Å². The Kier molecular flexibility index (Phi) is 5.78. The van der Waals surface area contributed by atoms with Crippen LogP contribution in [0.5, 0.6) is 0 Å². The first-order valence-electron chi connectivity index (χ1n) is 8.05. The summed E-state index contributed by atoms with van der Waals surface area (Å²) < 4.78 is 175. The monoisotopic (exact) mass is 522 g/mol. The second-order valence-corrected chi connectivity index (χ2v) is 8.35. The average molecular weight is 522 g/mol. The van der Waals surface area contributed by atoms with E-state index >= 15 is 0 Å². The lowest BCUT2D eigenvalue weighted by Crippen LogP contribution is -2.86. The van der Waals surface area contributed by atoms with Crippen LogP contribution in [0.4, 0.5) is 54.0 Å². The van der Waals surface area contributed by atoms with Crippen LogP contribution in [0.1, 0.15) is 6.92 Å². The highest BCUT2D eigenvalue weighted by Crippen LogP contribution is 2.69. The summed E-state index contributed by atoms with van der Waals surface area (Å²) in [6, 6.07) is 1.69. The molecule has 186 valence electrons. The highest BCUT2D eigenvalue weighted by molar-refractivity contribution is 7.90. The molecule has 1 aliphatic rings. The van der Waals surface area contributed by atoms with E-state index in [1.54, 1.807) is 0 Å². The van der Waals surface area contributed by atoms with Gasteiger partial charge in [0.05, 0.1) is 4.90 Å². The molecule has 0 aromatic heterocycles. The van der Waals surface area contributed by atoms with E-state index in [-0.39, 0.29) is 0 Å². The number of carbonyl (C=O) groups excluding carboxylic acids is 2. The molecule has 0 aliphatic heterocycles. The Morgan fingerprint density at radius 1 is 0.697 bits per heavy atom. The summed E-state index contributed by atoms with van der Waals surface area (Å²) in [6.45, 7) is 0.784. The van der Waals surface area contributed by atoms with Gasteiger partial charge in [0.2, 0.25) is 5.91 Å². The lowest BCUT2D eigenvalue weighted by molar-refractivity contribution is -0.475. The molecule has 0 atom stereocenters. The Bertz CT molecular complexity index is 1060. The molecular formula is C15H9F11N2O4S. The number of nitrogens with one attached hydrogen (secondary N) is 2. The fraction of sp³-hybridized carbons (Fsp3) is 0.467. The number of hydrogen-bond donors (Lipinski definition) is 2. The van der Waals surface area contributed by atoms with Gasteiger partial charge in [-0.1, -0.05) is 0 Å². The normalized spacial score (nSPS) is 23.9. The maximum absolute atomic E-state index is 14.6. The smallest absolute Gasteiger partial charge is 0.323 e. The second kappa shape index (κ2) is 7.17. The fourth-order valence-corrected chi connectivity index (χ4v) is 3.68. The third kappa shape index (κ3) is 3.23. The summed E-state index contributed by atoms with van der Waals surface area (Å²) in [5.74, 6) is -41.7. The van der Waals surface area contributed by atoms with Crippen molar-refractivity contribution in [1.29, 1.82) is 0 Å². The van der Waals surface area contributed by atoms with E-state index in [0.717, 1.165) is 12.2 Å². The average Bonchev–Trinajstić information content (AvgIpc) is 2.64. The number of carbonyl (C=O) groups is 2. The molecule has 18 heteroatoms. The van der Waals surface area contributed by atoms with Crippen molar-refractivity contribution in [2.45, 2.75) is 47.1 Å². The minimum Gasteiger partial charge on any atom is -0.323 e. The Morgan fingerprint density at radius 3 is 1.42 bits per heavy atom. The Labute approximate surface area is 176 Å². The molecule has 2 amide bonds. The van der Waals surface area contributed by atoms with E-state index in [1.165, 1.54) is 4.72 Å². The number of halogens is 11. The number of amides is 2. The highest BCUT2D eigenvalue weighted by Gasteiger charge is 3.02. The number of hydrogen-bond acceptors (Lipinski definition) is 4. The highest BCUT2D eigenvalue weighted by atomic mass is 32.2. The summed E-state index contributed by atoms with van der Waals surface area (Å²) in [5, 5.41) is 0.818. The molecule has 2 rings (SSSR count). The lowest BCUT2D eigenvalue weighted by Gasteiger charge is -2.51. The molecule has 2 N–H and O–H groups in total.